The quantitative estimate of drug-likeness (QED) is 0.876. The van der Waals surface area contributed by atoms with Gasteiger partial charge in [0.05, 0.1) is 17.2 Å². The maximum absolute atomic E-state index is 13.0. The molecule has 2 atom stereocenters. The van der Waals surface area contributed by atoms with Crippen LogP contribution in [0.15, 0.2) is 23.0 Å². The van der Waals surface area contributed by atoms with Crippen molar-refractivity contribution in [1.29, 1.82) is 0 Å². The fraction of sp³-hybridized carbons (Fsp3) is 0.684. The summed E-state index contributed by atoms with van der Waals surface area (Å²) < 4.78 is 5.00. The molecule has 1 aromatic heterocycles. The van der Waals surface area contributed by atoms with Crippen LogP contribution in [0.1, 0.15) is 48.9 Å². The van der Waals surface area contributed by atoms with E-state index in [0.717, 1.165) is 45.2 Å². The topological polar surface area (TPSA) is 74.6 Å². The molecule has 25 heavy (non-hydrogen) atoms. The van der Waals surface area contributed by atoms with E-state index in [2.05, 4.69) is 10.6 Å². The van der Waals surface area contributed by atoms with E-state index in [9.17, 15) is 9.59 Å². The molecule has 136 valence electrons. The number of carbonyl (C=O) groups excluding carboxylic acids is 2. The highest BCUT2D eigenvalue weighted by molar-refractivity contribution is 5.93. The van der Waals surface area contributed by atoms with E-state index >= 15 is 0 Å². The van der Waals surface area contributed by atoms with Gasteiger partial charge in [0.2, 0.25) is 5.91 Å². The van der Waals surface area contributed by atoms with E-state index in [1.54, 1.807) is 6.07 Å². The monoisotopic (exact) mass is 345 g/mol. The Morgan fingerprint density at radius 1 is 1.24 bits per heavy atom. The van der Waals surface area contributed by atoms with E-state index in [1.807, 2.05) is 4.90 Å². The summed E-state index contributed by atoms with van der Waals surface area (Å²) in [7, 11) is 0. The SMILES string of the molecule is O=C(c1ccoc1)N1CCC(NC(=O)[C@@]23CCCC[C@H]2CNC3)CC1. The van der Waals surface area contributed by atoms with Crippen molar-refractivity contribution in [2.45, 2.75) is 44.6 Å². The van der Waals surface area contributed by atoms with E-state index in [0.29, 0.717) is 24.6 Å². The Balaban J connectivity index is 1.32. The standard InChI is InChI=1S/C19H27N3O3/c23-17(14-6-10-25-12-14)22-8-4-16(5-9-22)21-18(24)19-7-2-1-3-15(19)11-20-13-19/h6,10,12,15-16,20H,1-5,7-9,11,13H2,(H,21,24)/t15-,19+/m0/s1. The average molecular weight is 345 g/mol. The Morgan fingerprint density at radius 3 is 2.84 bits per heavy atom. The zero-order chi connectivity index (χ0) is 17.3. The second-order valence-corrected chi connectivity index (χ2v) is 7.78. The molecule has 6 nitrogen and oxygen atoms in total. The van der Waals surface area contributed by atoms with Gasteiger partial charge in [0.15, 0.2) is 0 Å². The first-order chi connectivity index (χ1) is 12.2. The maximum atomic E-state index is 13.0. The van der Waals surface area contributed by atoms with Crippen molar-refractivity contribution in [3.63, 3.8) is 0 Å². The predicted octanol–water partition coefficient (Wildman–Crippen LogP) is 1.78. The number of amides is 2. The lowest BCUT2D eigenvalue weighted by atomic mass is 9.67. The lowest BCUT2D eigenvalue weighted by Crippen LogP contribution is -2.53. The van der Waals surface area contributed by atoms with Gasteiger partial charge in [0.25, 0.3) is 5.91 Å². The molecule has 0 unspecified atom stereocenters. The molecule has 1 saturated carbocycles. The average Bonchev–Trinajstić information content (AvgIpc) is 3.32. The lowest BCUT2D eigenvalue weighted by molar-refractivity contribution is -0.135. The van der Waals surface area contributed by atoms with Gasteiger partial charge >= 0.3 is 0 Å². The van der Waals surface area contributed by atoms with Crippen LogP contribution >= 0.6 is 0 Å². The molecule has 3 heterocycles. The Kier molecular flexibility index (Phi) is 4.54. The van der Waals surface area contributed by atoms with Crippen LogP contribution in [0.2, 0.25) is 0 Å². The largest absolute Gasteiger partial charge is 0.472 e. The van der Waals surface area contributed by atoms with Crippen molar-refractivity contribution in [2.24, 2.45) is 11.3 Å². The summed E-state index contributed by atoms with van der Waals surface area (Å²) in [6.45, 7) is 3.17. The number of likely N-dealkylation sites (tertiary alicyclic amines) is 1. The van der Waals surface area contributed by atoms with Crippen molar-refractivity contribution >= 4 is 11.8 Å². The van der Waals surface area contributed by atoms with Crippen molar-refractivity contribution < 1.29 is 14.0 Å². The molecule has 0 bridgehead atoms. The third-order valence-corrected chi connectivity index (χ3v) is 6.38. The molecule has 6 heteroatoms. The van der Waals surface area contributed by atoms with E-state index in [1.165, 1.54) is 18.9 Å². The van der Waals surface area contributed by atoms with E-state index in [-0.39, 0.29) is 23.3 Å². The Morgan fingerprint density at radius 2 is 2.08 bits per heavy atom. The summed E-state index contributed by atoms with van der Waals surface area (Å²) in [5, 5.41) is 6.75. The molecule has 2 aliphatic heterocycles. The second-order valence-electron chi connectivity index (χ2n) is 7.78. The molecule has 3 fully saturated rings. The molecular formula is C19H27N3O3. The van der Waals surface area contributed by atoms with Gasteiger partial charge in [-0.25, -0.2) is 0 Å². The highest BCUT2D eigenvalue weighted by Crippen LogP contribution is 2.44. The molecular weight excluding hydrogens is 318 g/mol. The number of nitrogens with one attached hydrogen (secondary N) is 2. The van der Waals surface area contributed by atoms with Crippen molar-refractivity contribution in [2.75, 3.05) is 26.2 Å². The van der Waals surface area contributed by atoms with Gasteiger partial charge in [0, 0.05) is 25.7 Å². The van der Waals surface area contributed by atoms with Gasteiger partial charge in [-0.15, -0.1) is 0 Å². The van der Waals surface area contributed by atoms with Crippen molar-refractivity contribution in [1.82, 2.24) is 15.5 Å². The number of hydrogen-bond donors (Lipinski definition) is 2. The van der Waals surface area contributed by atoms with Crippen LogP contribution in [-0.4, -0.2) is 48.9 Å². The number of carbonyl (C=O) groups is 2. The third kappa shape index (κ3) is 3.08. The van der Waals surface area contributed by atoms with E-state index in [4.69, 9.17) is 4.42 Å². The molecule has 0 spiro atoms. The summed E-state index contributed by atoms with van der Waals surface area (Å²) in [5.41, 5.74) is 0.408. The molecule has 0 radical (unpaired) electrons. The van der Waals surface area contributed by atoms with Crippen LogP contribution in [0, 0.1) is 11.3 Å². The molecule has 2 saturated heterocycles. The molecule has 2 amide bonds. The Hall–Kier alpha value is -1.82. The summed E-state index contributed by atoms with van der Waals surface area (Å²) in [4.78, 5) is 27.2. The van der Waals surface area contributed by atoms with Crippen LogP contribution in [0.25, 0.3) is 0 Å². The highest BCUT2D eigenvalue weighted by atomic mass is 16.3. The van der Waals surface area contributed by atoms with Gasteiger partial charge < -0.3 is 20.0 Å². The van der Waals surface area contributed by atoms with Crippen LogP contribution in [0.5, 0.6) is 0 Å². The fourth-order valence-electron chi connectivity index (χ4n) is 4.82. The zero-order valence-corrected chi connectivity index (χ0v) is 14.6. The first-order valence-electron chi connectivity index (χ1n) is 9.52. The number of furan rings is 1. The van der Waals surface area contributed by atoms with Gasteiger partial charge in [-0.05, 0) is 44.2 Å². The number of piperidine rings is 1. The molecule has 2 N–H and O–H groups in total. The molecule has 0 aromatic carbocycles. The first-order valence-corrected chi connectivity index (χ1v) is 9.52. The van der Waals surface area contributed by atoms with Crippen molar-refractivity contribution in [3.05, 3.63) is 24.2 Å². The third-order valence-electron chi connectivity index (χ3n) is 6.38. The molecule has 1 aromatic rings. The van der Waals surface area contributed by atoms with Crippen LogP contribution in [-0.2, 0) is 4.79 Å². The van der Waals surface area contributed by atoms with Crippen LogP contribution in [0.3, 0.4) is 0 Å². The first kappa shape index (κ1) is 16.6. The smallest absolute Gasteiger partial charge is 0.257 e. The molecule has 3 aliphatic rings. The number of nitrogens with zero attached hydrogens (tertiary/aromatic N) is 1. The minimum Gasteiger partial charge on any atom is -0.472 e. The molecule has 4 rings (SSSR count). The van der Waals surface area contributed by atoms with Gasteiger partial charge in [-0.3, -0.25) is 9.59 Å². The van der Waals surface area contributed by atoms with E-state index < -0.39 is 0 Å². The number of hydrogen-bond acceptors (Lipinski definition) is 4. The zero-order valence-electron chi connectivity index (χ0n) is 14.6. The fourth-order valence-corrected chi connectivity index (χ4v) is 4.82. The predicted molar refractivity (Wildman–Crippen MR) is 93.0 cm³/mol. The van der Waals surface area contributed by atoms with Gasteiger partial charge in [0.1, 0.15) is 6.26 Å². The van der Waals surface area contributed by atoms with Crippen LogP contribution < -0.4 is 10.6 Å². The molecule has 1 aliphatic carbocycles. The lowest BCUT2D eigenvalue weighted by Gasteiger charge is -2.39. The van der Waals surface area contributed by atoms with Gasteiger partial charge in [-0.1, -0.05) is 12.8 Å². The Labute approximate surface area is 148 Å². The maximum Gasteiger partial charge on any atom is 0.257 e. The van der Waals surface area contributed by atoms with Crippen molar-refractivity contribution in [3.8, 4) is 0 Å². The Bertz CT molecular complexity index is 622. The summed E-state index contributed by atoms with van der Waals surface area (Å²) in [6, 6.07) is 1.88. The summed E-state index contributed by atoms with van der Waals surface area (Å²) >= 11 is 0. The van der Waals surface area contributed by atoms with Gasteiger partial charge in [-0.2, -0.15) is 0 Å². The number of rotatable bonds is 3. The summed E-state index contributed by atoms with van der Waals surface area (Å²) in [6.07, 6.45) is 9.24. The minimum atomic E-state index is -0.192. The van der Waals surface area contributed by atoms with Crippen LogP contribution in [0.4, 0.5) is 0 Å². The minimum absolute atomic E-state index is 0.0180. The number of fused-ring (bicyclic) bond motifs is 1. The second kappa shape index (κ2) is 6.83. The normalized spacial score (nSPS) is 30.1. The highest BCUT2D eigenvalue weighted by Gasteiger charge is 2.50. The summed E-state index contributed by atoms with van der Waals surface area (Å²) in [5.74, 6) is 0.746.